The van der Waals surface area contributed by atoms with E-state index in [0.29, 0.717) is 0 Å². The Kier molecular flexibility index (Phi) is 6.52. The summed E-state index contributed by atoms with van der Waals surface area (Å²) in [4.78, 5) is 0. The third kappa shape index (κ3) is 5.84. The molecule has 0 aliphatic carbocycles. The van der Waals surface area contributed by atoms with E-state index in [-0.39, 0.29) is 27.8 Å². The van der Waals surface area contributed by atoms with Gasteiger partial charge in [0.1, 0.15) is 0 Å². The van der Waals surface area contributed by atoms with Gasteiger partial charge in [-0.1, -0.05) is 95.2 Å². The summed E-state index contributed by atoms with van der Waals surface area (Å²) in [6.07, 6.45) is 1.45. The Hall–Kier alpha value is -0.820. The van der Waals surface area contributed by atoms with Crippen LogP contribution in [-0.2, 0) is 22.7 Å². The van der Waals surface area contributed by atoms with E-state index >= 15 is 0 Å². The van der Waals surface area contributed by atoms with Gasteiger partial charge in [-0.25, -0.2) is 0 Å². The first-order valence-corrected chi connectivity index (χ1v) is 10.2. The number of benzene rings is 1. The van der Waals surface area contributed by atoms with Crippen LogP contribution in [-0.4, -0.2) is 11.2 Å². The fourth-order valence-corrected chi connectivity index (χ4v) is 3.53. The molecule has 1 N–H and O–H groups in total. The number of aliphatic hydroxyl groups is 1. The van der Waals surface area contributed by atoms with Gasteiger partial charge in [0.2, 0.25) is 0 Å². The SMILES string of the molecule is CC(C)(C)c1cc(CCC(O)C(C)(C)C)c(C(C)(C)C)c(C(C)(C)C)c1. The molecule has 0 radical (unpaired) electrons. The first kappa shape index (κ1) is 23.2. The maximum atomic E-state index is 10.6. The van der Waals surface area contributed by atoms with Crippen molar-refractivity contribution in [1.82, 2.24) is 0 Å². The Labute approximate surface area is 163 Å². The van der Waals surface area contributed by atoms with Crippen molar-refractivity contribution in [3.05, 3.63) is 34.4 Å². The van der Waals surface area contributed by atoms with Crippen LogP contribution in [0.25, 0.3) is 0 Å². The number of rotatable bonds is 3. The van der Waals surface area contributed by atoms with Crippen molar-refractivity contribution in [3.63, 3.8) is 0 Å². The second-order valence-corrected chi connectivity index (χ2v) is 12.2. The maximum absolute atomic E-state index is 10.6. The zero-order valence-electron chi connectivity index (χ0n) is 19.6. The highest BCUT2D eigenvalue weighted by Gasteiger charge is 2.31. The van der Waals surface area contributed by atoms with Crippen LogP contribution in [0.2, 0.25) is 0 Å². The van der Waals surface area contributed by atoms with Crippen molar-refractivity contribution >= 4 is 0 Å². The molecular weight excluding hydrogens is 316 g/mol. The topological polar surface area (TPSA) is 20.2 Å². The van der Waals surface area contributed by atoms with Crippen molar-refractivity contribution in [2.45, 2.75) is 118 Å². The molecular formula is C25H44O. The quantitative estimate of drug-likeness (QED) is 0.620. The highest BCUT2D eigenvalue weighted by molar-refractivity contribution is 5.48. The Morgan fingerprint density at radius 1 is 0.731 bits per heavy atom. The Balaban J connectivity index is 3.59. The molecule has 1 rings (SSSR count). The monoisotopic (exact) mass is 360 g/mol. The highest BCUT2D eigenvalue weighted by atomic mass is 16.3. The number of hydrogen-bond acceptors (Lipinski definition) is 1. The average molecular weight is 361 g/mol. The predicted octanol–water partition coefficient (Wildman–Crippen LogP) is 6.92. The van der Waals surface area contributed by atoms with Crippen LogP contribution in [0.1, 0.15) is 112 Å². The Morgan fingerprint density at radius 2 is 1.23 bits per heavy atom. The lowest BCUT2D eigenvalue weighted by molar-refractivity contribution is 0.0559. The number of hydrogen-bond donors (Lipinski definition) is 1. The van der Waals surface area contributed by atoms with Crippen molar-refractivity contribution < 1.29 is 5.11 Å². The molecule has 0 spiro atoms. The van der Waals surface area contributed by atoms with Crippen molar-refractivity contribution in [3.8, 4) is 0 Å². The molecule has 0 fully saturated rings. The van der Waals surface area contributed by atoms with E-state index in [1.54, 1.807) is 0 Å². The van der Waals surface area contributed by atoms with Gasteiger partial charge in [-0.15, -0.1) is 0 Å². The average Bonchev–Trinajstić information content (AvgIpc) is 2.39. The fourth-order valence-electron chi connectivity index (χ4n) is 3.53. The first-order chi connectivity index (χ1) is 11.3. The van der Waals surface area contributed by atoms with E-state index in [0.717, 1.165) is 12.8 Å². The molecule has 0 aliphatic rings. The molecule has 0 saturated heterocycles. The van der Waals surface area contributed by atoms with Crippen molar-refractivity contribution in [2.24, 2.45) is 5.41 Å². The van der Waals surface area contributed by atoms with E-state index in [4.69, 9.17) is 0 Å². The van der Waals surface area contributed by atoms with Crippen molar-refractivity contribution in [2.75, 3.05) is 0 Å². The van der Waals surface area contributed by atoms with Crippen LogP contribution < -0.4 is 0 Å². The molecule has 0 aromatic heterocycles. The van der Waals surface area contributed by atoms with Gasteiger partial charge >= 0.3 is 0 Å². The predicted molar refractivity (Wildman–Crippen MR) is 116 cm³/mol. The van der Waals surface area contributed by atoms with Crippen LogP contribution >= 0.6 is 0 Å². The second-order valence-electron chi connectivity index (χ2n) is 12.2. The van der Waals surface area contributed by atoms with Crippen LogP contribution in [0.3, 0.4) is 0 Å². The third-order valence-electron chi connectivity index (χ3n) is 5.33. The van der Waals surface area contributed by atoms with Crippen LogP contribution in [0.4, 0.5) is 0 Å². The van der Waals surface area contributed by atoms with E-state index in [1.165, 1.54) is 22.3 Å². The normalized spacial score (nSPS) is 15.3. The summed E-state index contributed by atoms with van der Waals surface area (Å²) in [5, 5.41) is 10.6. The summed E-state index contributed by atoms with van der Waals surface area (Å²) in [7, 11) is 0. The lowest BCUT2D eigenvalue weighted by Gasteiger charge is -2.35. The van der Waals surface area contributed by atoms with Gasteiger partial charge in [-0.05, 0) is 56.8 Å². The molecule has 150 valence electrons. The zero-order valence-corrected chi connectivity index (χ0v) is 19.6. The van der Waals surface area contributed by atoms with Gasteiger partial charge in [0.05, 0.1) is 6.10 Å². The van der Waals surface area contributed by atoms with Gasteiger partial charge in [0.25, 0.3) is 0 Å². The molecule has 0 amide bonds. The largest absolute Gasteiger partial charge is 0.393 e. The molecule has 1 aromatic carbocycles. The second kappa shape index (κ2) is 7.30. The zero-order chi connectivity index (χ0) is 20.7. The minimum atomic E-state index is -0.285. The fraction of sp³-hybridized carbons (Fsp3) is 0.760. The summed E-state index contributed by atoms with van der Waals surface area (Å²) >= 11 is 0. The number of aryl methyl sites for hydroxylation is 1. The molecule has 0 heterocycles. The molecule has 0 bridgehead atoms. The molecule has 1 aromatic rings. The molecule has 26 heavy (non-hydrogen) atoms. The maximum Gasteiger partial charge on any atom is 0.0591 e. The third-order valence-corrected chi connectivity index (χ3v) is 5.33. The van der Waals surface area contributed by atoms with Gasteiger partial charge in [-0.3, -0.25) is 0 Å². The summed E-state index contributed by atoms with van der Waals surface area (Å²) in [6.45, 7) is 27.1. The molecule has 1 unspecified atom stereocenters. The lowest BCUT2D eigenvalue weighted by Crippen LogP contribution is -2.29. The highest BCUT2D eigenvalue weighted by Crippen LogP contribution is 2.40. The standard InChI is InChI=1S/C25H44O/c1-22(2,3)18-15-17(13-14-20(26)24(7,8)9)21(25(10,11)12)19(16-18)23(4,5)6/h15-16,20,26H,13-14H2,1-12H3. The summed E-state index contributed by atoms with van der Waals surface area (Å²) < 4.78 is 0. The van der Waals surface area contributed by atoms with E-state index in [1.807, 2.05) is 0 Å². The van der Waals surface area contributed by atoms with Gasteiger partial charge in [0, 0.05) is 0 Å². The molecule has 0 saturated carbocycles. The summed E-state index contributed by atoms with van der Waals surface area (Å²) in [5.41, 5.74) is 5.97. The van der Waals surface area contributed by atoms with Crippen LogP contribution in [0.15, 0.2) is 12.1 Å². The lowest BCUT2D eigenvalue weighted by atomic mass is 9.69. The minimum Gasteiger partial charge on any atom is -0.393 e. The van der Waals surface area contributed by atoms with E-state index in [2.05, 4.69) is 95.2 Å². The summed E-state index contributed by atoms with van der Waals surface area (Å²) in [5.74, 6) is 0. The Morgan fingerprint density at radius 3 is 1.58 bits per heavy atom. The minimum absolute atomic E-state index is 0.0730. The molecule has 1 atom stereocenters. The summed E-state index contributed by atoms with van der Waals surface area (Å²) in [6, 6.07) is 4.84. The van der Waals surface area contributed by atoms with Gasteiger partial charge < -0.3 is 5.11 Å². The van der Waals surface area contributed by atoms with E-state index < -0.39 is 0 Å². The van der Waals surface area contributed by atoms with Crippen molar-refractivity contribution in [1.29, 1.82) is 0 Å². The van der Waals surface area contributed by atoms with E-state index in [9.17, 15) is 5.11 Å². The van der Waals surface area contributed by atoms with Gasteiger partial charge in [-0.2, -0.15) is 0 Å². The van der Waals surface area contributed by atoms with Crippen LogP contribution in [0, 0.1) is 5.41 Å². The van der Waals surface area contributed by atoms with Crippen LogP contribution in [0.5, 0.6) is 0 Å². The molecule has 1 heteroatoms. The molecule has 1 nitrogen and oxygen atoms in total. The number of aliphatic hydroxyl groups excluding tert-OH is 1. The van der Waals surface area contributed by atoms with Gasteiger partial charge in [0.15, 0.2) is 0 Å². The first-order valence-electron chi connectivity index (χ1n) is 10.2. The molecule has 0 aliphatic heterocycles. The Bertz CT molecular complexity index is 610. The smallest absolute Gasteiger partial charge is 0.0591 e.